The molecule has 1 aromatic carbocycles. The SMILES string of the molecule is CCS(=O)(=O)N(C)CCCNC(=NC)NCc1ccc(CN2CCCC2)cc1. The number of hydrogen-bond acceptors (Lipinski definition) is 4. The van der Waals surface area contributed by atoms with E-state index in [-0.39, 0.29) is 5.75 Å². The van der Waals surface area contributed by atoms with Gasteiger partial charge in [0.05, 0.1) is 5.75 Å². The molecule has 8 heteroatoms. The molecule has 158 valence electrons. The Morgan fingerprint density at radius 1 is 1.14 bits per heavy atom. The van der Waals surface area contributed by atoms with Gasteiger partial charge in [-0.1, -0.05) is 24.3 Å². The molecule has 0 spiro atoms. The molecule has 0 bridgehead atoms. The first-order valence-corrected chi connectivity index (χ1v) is 11.7. The molecular formula is C20H35N5O2S. The molecule has 0 atom stereocenters. The molecule has 0 aromatic heterocycles. The van der Waals surface area contributed by atoms with Crippen molar-refractivity contribution in [2.45, 2.75) is 39.3 Å². The lowest BCUT2D eigenvalue weighted by Gasteiger charge is -2.17. The third kappa shape index (κ3) is 7.41. The van der Waals surface area contributed by atoms with E-state index in [1.54, 1.807) is 21.0 Å². The molecule has 1 saturated heterocycles. The minimum absolute atomic E-state index is 0.136. The van der Waals surface area contributed by atoms with Gasteiger partial charge in [0.15, 0.2) is 5.96 Å². The van der Waals surface area contributed by atoms with Crippen molar-refractivity contribution in [3.63, 3.8) is 0 Å². The van der Waals surface area contributed by atoms with Crippen LogP contribution in [-0.4, -0.2) is 69.6 Å². The molecule has 1 heterocycles. The second kappa shape index (κ2) is 11.4. The van der Waals surface area contributed by atoms with Crippen LogP contribution in [0.3, 0.4) is 0 Å². The predicted octanol–water partition coefficient (Wildman–Crippen LogP) is 1.62. The molecule has 1 aromatic rings. The van der Waals surface area contributed by atoms with Crippen molar-refractivity contribution in [3.05, 3.63) is 35.4 Å². The molecule has 7 nitrogen and oxygen atoms in total. The highest BCUT2D eigenvalue weighted by molar-refractivity contribution is 7.89. The first-order valence-electron chi connectivity index (χ1n) is 10.1. The van der Waals surface area contributed by atoms with Crippen molar-refractivity contribution < 1.29 is 8.42 Å². The lowest BCUT2D eigenvalue weighted by atomic mass is 10.1. The molecule has 1 fully saturated rings. The topological polar surface area (TPSA) is 77.0 Å². The second-order valence-electron chi connectivity index (χ2n) is 7.23. The monoisotopic (exact) mass is 409 g/mol. The van der Waals surface area contributed by atoms with Gasteiger partial charge in [-0.2, -0.15) is 0 Å². The zero-order valence-electron chi connectivity index (χ0n) is 17.4. The van der Waals surface area contributed by atoms with E-state index in [1.807, 2.05) is 0 Å². The van der Waals surface area contributed by atoms with Crippen LogP contribution in [-0.2, 0) is 23.1 Å². The van der Waals surface area contributed by atoms with Crippen LogP contribution in [0.25, 0.3) is 0 Å². The molecule has 28 heavy (non-hydrogen) atoms. The minimum atomic E-state index is -3.11. The van der Waals surface area contributed by atoms with E-state index in [9.17, 15) is 8.42 Å². The fourth-order valence-electron chi connectivity index (χ4n) is 3.24. The Morgan fingerprint density at radius 3 is 2.39 bits per heavy atom. The lowest BCUT2D eigenvalue weighted by molar-refractivity contribution is 0.331. The maximum Gasteiger partial charge on any atom is 0.213 e. The van der Waals surface area contributed by atoms with Crippen LogP contribution < -0.4 is 10.6 Å². The van der Waals surface area contributed by atoms with E-state index in [2.05, 4.69) is 44.8 Å². The standard InChI is InChI=1S/C20H35N5O2S/c1-4-28(26,27)24(3)13-7-12-22-20(21-2)23-16-18-8-10-19(11-9-18)17-25-14-5-6-15-25/h8-11H,4-7,12-17H2,1-3H3,(H2,21,22,23). The van der Waals surface area contributed by atoms with Gasteiger partial charge in [0.2, 0.25) is 10.0 Å². The summed E-state index contributed by atoms with van der Waals surface area (Å²) < 4.78 is 24.9. The Bertz CT molecular complexity index is 713. The smallest absolute Gasteiger partial charge is 0.213 e. The molecule has 0 amide bonds. The molecule has 0 unspecified atom stereocenters. The van der Waals surface area contributed by atoms with Crippen molar-refractivity contribution in [1.82, 2.24) is 19.8 Å². The third-order valence-corrected chi connectivity index (χ3v) is 6.96. The van der Waals surface area contributed by atoms with E-state index in [4.69, 9.17) is 0 Å². The fraction of sp³-hybridized carbons (Fsp3) is 0.650. The average molecular weight is 410 g/mol. The van der Waals surface area contributed by atoms with Crippen LogP contribution in [0.2, 0.25) is 0 Å². The second-order valence-corrected chi connectivity index (χ2v) is 9.59. The molecular weight excluding hydrogens is 374 g/mol. The number of guanidine groups is 1. The van der Waals surface area contributed by atoms with Gasteiger partial charge >= 0.3 is 0 Å². The van der Waals surface area contributed by atoms with Crippen LogP contribution in [0, 0.1) is 0 Å². The van der Waals surface area contributed by atoms with E-state index in [0.717, 1.165) is 18.9 Å². The number of rotatable bonds is 10. The fourth-order valence-corrected chi connectivity index (χ4v) is 4.08. The van der Waals surface area contributed by atoms with Gasteiger partial charge in [-0.05, 0) is 50.4 Å². The van der Waals surface area contributed by atoms with Gasteiger partial charge in [-0.25, -0.2) is 12.7 Å². The zero-order chi connectivity index (χ0) is 20.4. The predicted molar refractivity (Wildman–Crippen MR) is 116 cm³/mol. The van der Waals surface area contributed by atoms with Crippen LogP contribution in [0.5, 0.6) is 0 Å². The summed E-state index contributed by atoms with van der Waals surface area (Å²) in [5, 5.41) is 6.54. The molecule has 0 aliphatic carbocycles. The van der Waals surface area contributed by atoms with E-state index >= 15 is 0 Å². The summed E-state index contributed by atoms with van der Waals surface area (Å²) >= 11 is 0. The maximum atomic E-state index is 11.7. The Kier molecular flexibility index (Phi) is 9.21. The lowest BCUT2D eigenvalue weighted by Crippen LogP contribution is -2.38. The van der Waals surface area contributed by atoms with Gasteiger partial charge in [0, 0.05) is 40.3 Å². The molecule has 0 saturated carbocycles. The number of nitrogens with zero attached hydrogens (tertiary/aromatic N) is 3. The summed E-state index contributed by atoms with van der Waals surface area (Å²) in [4.78, 5) is 6.73. The summed E-state index contributed by atoms with van der Waals surface area (Å²) in [5.41, 5.74) is 2.57. The summed E-state index contributed by atoms with van der Waals surface area (Å²) in [6.45, 7) is 7.00. The number of hydrogen-bond donors (Lipinski definition) is 2. The highest BCUT2D eigenvalue weighted by atomic mass is 32.2. The molecule has 0 radical (unpaired) electrons. The summed E-state index contributed by atoms with van der Waals surface area (Å²) in [5.74, 6) is 0.860. The Balaban J connectivity index is 1.68. The summed E-state index contributed by atoms with van der Waals surface area (Å²) in [6, 6.07) is 8.73. The van der Waals surface area contributed by atoms with Gasteiger partial charge in [-0.15, -0.1) is 0 Å². The van der Waals surface area contributed by atoms with E-state index in [0.29, 0.717) is 19.6 Å². The van der Waals surface area contributed by atoms with Crippen molar-refractivity contribution in [2.24, 2.45) is 4.99 Å². The Labute approximate surface area is 170 Å². The van der Waals surface area contributed by atoms with Gasteiger partial charge in [0.1, 0.15) is 0 Å². The number of nitrogens with one attached hydrogen (secondary N) is 2. The number of benzene rings is 1. The van der Waals surface area contributed by atoms with Crippen LogP contribution in [0.15, 0.2) is 29.3 Å². The Hall–Kier alpha value is -1.64. The zero-order valence-corrected chi connectivity index (χ0v) is 18.3. The van der Waals surface area contributed by atoms with Crippen LogP contribution >= 0.6 is 0 Å². The third-order valence-electron chi connectivity index (χ3n) is 5.09. The minimum Gasteiger partial charge on any atom is -0.356 e. The Morgan fingerprint density at radius 2 is 1.79 bits per heavy atom. The highest BCUT2D eigenvalue weighted by Gasteiger charge is 2.14. The van der Waals surface area contributed by atoms with E-state index < -0.39 is 10.0 Å². The average Bonchev–Trinajstić information content (AvgIpc) is 3.21. The number of sulfonamides is 1. The van der Waals surface area contributed by atoms with Crippen LogP contribution in [0.1, 0.15) is 37.3 Å². The molecule has 2 N–H and O–H groups in total. The van der Waals surface area contributed by atoms with Crippen molar-refractivity contribution >= 4 is 16.0 Å². The highest BCUT2D eigenvalue weighted by Crippen LogP contribution is 2.13. The normalized spacial score (nSPS) is 15.9. The quantitative estimate of drug-likeness (QED) is 0.349. The van der Waals surface area contributed by atoms with Gasteiger partial charge in [0.25, 0.3) is 0 Å². The largest absolute Gasteiger partial charge is 0.356 e. The van der Waals surface area contributed by atoms with Crippen molar-refractivity contribution in [1.29, 1.82) is 0 Å². The molecule has 1 aliphatic rings. The molecule has 1 aliphatic heterocycles. The number of aliphatic imine (C=N–C) groups is 1. The first kappa shape index (κ1) is 22.6. The molecule has 2 rings (SSSR count). The first-order chi connectivity index (χ1) is 13.4. The van der Waals surface area contributed by atoms with Gasteiger partial charge in [-0.3, -0.25) is 9.89 Å². The van der Waals surface area contributed by atoms with Crippen molar-refractivity contribution in [2.75, 3.05) is 46.0 Å². The van der Waals surface area contributed by atoms with E-state index in [1.165, 1.54) is 41.4 Å². The van der Waals surface area contributed by atoms with Crippen molar-refractivity contribution in [3.8, 4) is 0 Å². The number of likely N-dealkylation sites (tertiary alicyclic amines) is 1. The van der Waals surface area contributed by atoms with Crippen LogP contribution in [0.4, 0.5) is 0 Å². The van der Waals surface area contributed by atoms with Gasteiger partial charge < -0.3 is 10.6 Å². The summed E-state index contributed by atoms with van der Waals surface area (Å²) in [6.07, 6.45) is 3.36. The summed E-state index contributed by atoms with van der Waals surface area (Å²) in [7, 11) is 0.257. The maximum absolute atomic E-state index is 11.7.